The van der Waals surface area contributed by atoms with Gasteiger partial charge in [-0.3, -0.25) is 4.79 Å². The number of hydrogen-bond acceptors (Lipinski definition) is 3. The zero-order valence-corrected chi connectivity index (χ0v) is 8.60. The first-order valence-corrected chi connectivity index (χ1v) is 5.74. The maximum Gasteiger partial charge on any atom is 0.303 e. The second kappa shape index (κ2) is 5.18. The minimum absolute atomic E-state index is 0.0183. The van der Waals surface area contributed by atoms with Crippen LogP contribution in [-0.4, -0.2) is 31.3 Å². The number of hydrogen-bond donors (Lipinski definition) is 2. The molecule has 0 amide bonds. The van der Waals surface area contributed by atoms with E-state index < -0.39 is 16.0 Å². The Hall–Kier alpha value is -0.620. The summed E-state index contributed by atoms with van der Waals surface area (Å²) in [5.41, 5.74) is 0. The lowest BCUT2D eigenvalue weighted by atomic mass is 10.2. The molecule has 0 heterocycles. The molecule has 0 aromatic heterocycles. The molecule has 13 heavy (non-hydrogen) atoms. The summed E-state index contributed by atoms with van der Waals surface area (Å²) in [6, 6.07) is -0.318. The first kappa shape index (κ1) is 12.4. The van der Waals surface area contributed by atoms with E-state index in [0.29, 0.717) is 6.42 Å². The molecule has 0 saturated carbocycles. The third kappa shape index (κ3) is 6.53. The predicted molar refractivity (Wildman–Crippen MR) is 48.9 cm³/mol. The molecule has 78 valence electrons. The SMILES string of the molecule is CCS(=O)(=O)NC(C)CCC(=O)O. The molecule has 5 nitrogen and oxygen atoms in total. The molecule has 0 rings (SSSR count). The smallest absolute Gasteiger partial charge is 0.303 e. The van der Waals surface area contributed by atoms with Gasteiger partial charge in [-0.1, -0.05) is 0 Å². The van der Waals surface area contributed by atoms with Crippen LogP contribution < -0.4 is 4.72 Å². The molecule has 6 heteroatoms. The molecule has 0 aliphatic heterocycles. The van der Waals surface area contributed by atoms with E-state index in [4.69, 9.17) is 5.11 Å². The summed E-state index contributed by atoms with van der Waals surface area (Å²) >= 11 is 0. The molecule has 0 aromatic rings. The Labute approximate surface area is 78.2 Å². The molecular formula is C7H15NO4S. The van der Waals surface area contributed by atoms with Gasteiger partial charge in [0.15, 0.2) is 0 Å². The Bertz CT molecular complexity index is 260. The second-order valence-electron chi connectivity index (χ2n) is 2.85. The van der Waals surface area contributed by atoms with Crippen molar-refractivity contribution >= 4 is 16.0 Å². The van der Waals surface area contributed by atoms with Gasteiger partial charge >= 0.3 is 5.97 Å². The van der Waals surface area contributed by atoms with E-state index in [2.05, 4.69) is 4.72 Å². The van der Waals surface area contributed by atoms with Crippen LogP contribution in [0.1, 0.15) is 26.7 Å². The minimum atomic E-state index is -3.21. The van der Waals surface area contributed by atoms with E-state index in [1.807, 2.05) is 0 Å². The highest BCUT2D eigenvalue weighted by molar-refractivity contribution is 7.89. The Morgan fingerprint density at radius 1 is 1.54 bits per heavy atom. The van der Waals surface area contributed by atoms with Crippen LogP contribution >= 0.6 is 0 Å². The van der Waals surface area contributed by atoms with Gasteiger partial charge in [-0.25, -0.2) is 13.1 Å². The molecule has 2 N–H and O–H groups in total. The van der Waals surface area contributed by atoms with Crippen LogP contribution in [0.15, 0.2) is 0 Å². The number of carboxylic acid groups (broad SMARTS) is 1. The van der Waals surface area contributed by atoms with E-state index in [1.54, 1.807) is 6.92 Å². The quantitative estimate of drug-likeness (QED) is 0.653. The summed E-state index contributed by atoms with van der Waals surface area (Å²) in [6.07, 6.45) is 0.294. The first-order valence-electron chi connectivity index (χ1n) is 4.09. The van der Waals surface area contributed by atoms with Gasteiger partial charge in [0.1, 0.15) is 0 Å². The van der Waals surface area contributed by atoms with Crippen molar-refractivity contribution in [3.05, 3.63) is 0 Å². The molecule has 0 aromatic carbocycles. The normalized spacial score (nSPS) is 14.0. The topological polar surface area (TPSA) is 83.5 Å². The van der Waals surface area contributed by atoms with Crippen LogP contribution in [0.25, 0.3) is 0 Å². The molecule has 0 radical (unpaired) electrons. The predicted octanol–water partition coefficient (Wildman–Crippen LogP) is 0.179. The number of aliphatic carboxylic acids is 1. The van der Waals surface area contributed by atoms with Crippen molar-refractivity contribution in [2.75, 3.05) is 5.75 Å². The second-order valence-corrected chi connectivity index (χ2v) is 4.90. The number of rotatable bonds is 6. The molecule has 0 saturated heterocycles. The van der Waals surface area contributed by atoms with Crippen molar-refractivity contribution in [3.8, 4) is 0 Å². The van der Waals surface area contributed by atoms with Crippen molar-refractivity contribution < 1.29 is 18.3 Å². The summed E-state index contributed by atoms with van der Waals surface area (Å²) in [5.74, 6) is -0.896. The lowest BCUT2D eigenvalue weighted by molar-refractivity contribution is -0.137. The van der Waals surface area contributed by atoms with Crippen LogP contribution in [-0.2, 0) is 14.8 Å². The van der Waals surface area contributed by atoms with Crippen molar-refractivity contribution in [2.24, 2.45) is 0 Å². The maximum absolute atomic E-state index is 11.0. The summed E-state index contributed by atoms with van der Waals surface area (Å²) < 4.78 is 24.4. The maximum atomic E-state index is 11.0. The minimum Gasteiger partial charge on any atom is -0.481 e. The van der Waals surface area contributed by atoms with Crippen LogP contribution in [0.4, 0.5) is 0 Å². The van der Waals surface area contributed by atoms with Crippen LogP contribution in [0.3, 0.4) is 0 Å². The van der Waals surface area contributed by atoms with Crippen molar-refractivity contribution in [1.29, 1.82) is 0 Å². The fourth-order valence-electron chi connectivity index (χ4n) is 0.789. The largest absolute Gasteiger partial charge is 0.481 e. The van der Waals surface area contributed by atoms with Crippen molar-refractivity contribution in [3.63, 3.8) is 0 Å². The highest BCUT2D eigenvalue weighted by Gasteiger charge is 2.12. The lowest BCUT2D eigenvalue weighted by Gasteiger charge is -2.11. The molecule has 1 unspecified atom stereocenters. The lowest BCUT2D eigenvalue weighted by Crippen LogP contribution is -2.34. The van der Waals surface area contributed by atoms with Gasteiger partial charge in [-0.05, 0) is 20.3 Å². The van der Waals surface area contributed by atoms with E-state index in [1.165, 1.54) is 6.92 Å². The summed E-state index contributed by atoms with van der Waals surface area (Å²) in [5, 5.41) is 8.34. The highest BCUT2D eigenvalue weighted by Crippen LogP contribution is 1.98. The van der Waals surface area contributed by atoms with Gasteiger partial charge in [0, 0.05) is 12.5 Å². The van der Waals surface area contributed by atoms with Crippen molar-refractivity contribution in [1.82, 2.24) is 4.72 Å². The average molecular weight is 209 g/mol. The number of carboxylic acids is 1. The van der Waals surface area contributed by atoms with Crippen LogP contribution in [0.5, 0.6) is 0 Å². The Morgan fingerprint density at radius 2 is 2.08 bits per heavy atom. The van der Waals surface area contributed by atoms with Gasteiger partial charge in [0.2, 0.25) is 10.0 Å². The molecule has 0 bridgehead atoms. The molecule has 0 aliphatic carbocycles. The Morgan fingerprint density at radius 3 is 2.46 bits per heavy atom. The molecule has 1 atom stereocenters. The first-order chi connectivity index (χ1) is 5.87. The van der Waals surface area contributed by atoms with Crippen molar-refractivity contribution in [2.45, 2.75) is 32.7 Å². The summed E-state index contributed by atoms with van der Waals surface area (Å²) in [7, 11) is -3.21. The number of nitrogens with one attached hydrogen (secondary N) is 1. The van der Waals surface area contributed by atoms with Gasteiger partial charge in [0.25, 0.3) is 0 Å². The Kier molecular flexibility index (Phi) is 4.94. The summed E-state index contributed by atoms with van der Waals surface area (Å²) in [6.45, 7) is 3.18. The molecule has 0 aliphatic rings. The van der Waals surface area contributed by atoms with Crippen LogP contribution in [0, 0.1) is 0 Å². The van der Waals surface area contributed by atoms with E-state index >= 15 is 0 Å². The Balaban J connectivity index is 3.88. The molecular weight excluding hydrogens is 194 g/mol. The van der Waals surface area contributed by atoms with Gasteiger partial charge in [-0.15, -0.1) is 0 Å². The number of sulfonamides is 1. The van der Waals surface area contributed by atoms with E-state index in [0.717, 1.165) is 0 Å². The standard InChI is InChI=1S/C7H15NO4S/c1-3-13(11,12)8-6(2)4-5-7(9)10/h6,8H,3-5H2,1-2H3,(H,9,10). The molecule has 0 spiro atoms. The zero-order chi connectivity index (χ0) is 10.5. The van der Waals surface area contributed by atoms with E-state index in [9.17, 15) is 13.2 Å². The van der Waals surface area contributed by atoms with E-state index in [-0.39, 0.29) is 18.2 Å². The van der Waals surface area contributed by atoms with Gasteiger partial charge in [0.05, 0.1) is 5.75 Å². The van der Waals surface area contributed by atoms with Crippen LogP contribution in [0.2, 0.25) is 0 Å². The average Bonchev–Trinajstić information content (AvgIpc) is 2.00. The van der Waals surface area contributed by atoms with Gasteiger partial charge in [-0.2, -0.15) is 0 Å². The fourth-order valence-corrected chi connectivity index (χ4v) is 1.69. The molecule has 0 fully saturated rings. The highest BCUT2D eigenvalue weighted by atomic mass is 32.2. The third-order valence-corrected chi connectivity index (χ3v) is 3.07. The summed E-state index contributed by atoms with van der Waals surface area (Å²) in [4.78, 5) is 10.2. The number of carbonyl (C=O) groups is 1. The van der Waals surface area contributed by atoms with Gasteiger partial charge < -0.3 is 5.11 Å². The zero-order valence-electron chi connectivity index (χ0n) is 7.78. The fraction of sp³-hybridized carbons (Fsp3) is 0.857. The monoisotopic (exact) mass is 209 g/mol. The third-order valence-electron chi connectivity index (χ3n) is 1.55.